The number of anilines is 1. The molecule has 1 aromatic carbocycles. The zero-order valence-corrected chi connectivity index (χ0v) is 14.8. The summed E-state index contributed by atoms with van der Waals surface area (Å²) >= 11 is 3.50. The van der Waals surface area contributed by atoms with Crippen molar-refractivity contribution in [1.29, 1.82) is 0 Å². The van der Waals surface area contributed by atoms with Crippen LogP contribution in [-0.2, 0) is 0 Å². The molecule has 2 heterocycles. The van der Waals surface area contributed by atoms with Crippen molar-refractivity contribution in [1.82, 2.24) is 15.0 Å². The van der Waals surface area contributed by atoms with E-state index in [1.807, 2.05) is 25.1 Å². The highest BCUT2D eigenvalue weighted by Gasteiger charge is 2.13. The highest BCUT2D eigenvalue weighted by atomic mass is 79.9. The molecule has 3 aromatic rings. The Kier molecular flexibility index (Phi) is 4.43. The molecular weight excluding hydrogens is 356 g/mol. The lowest BCUT2D eigenvalue weighted by Crippen LogP contribution is -2.10. The van der Waals surface area contributed by atoms with E-state index in [-0.39, 0.29) is 6.04 Å². The van der Waals surface area contributed by atoms with Crippen LogP contribution in [0.4, 0.5) is 5.82 Å². The molecule has 0 aliphatic carbocycles. The normalized spacial score (nSPS) is 12.2. The Bertz CT molecular complexity index is 853. The third-order valence-corrected chi connectivity index (χ3v) is 4.03. The number of rotatable bonds is 4. The van der Waals surface area contributed by atoms with Crippen LogP contribution in [0.1, 0.15) is 24.4 Å². The quantitative estimate of drug-likeness (QED) is 0.740. The van der Waals surface area contributed by atoms with Crippen molar-refractivity contribution in [3.05, 3.63) is 52.3 Å². The second-order valence-electron chi connectivity index (χ2n) is 5.26. The lowest BCUT2D eigenvalue weighted by molar-refractivity contribution is 0.399. The lowest BCUT2D eigenvalue weighted by atomic mass is 10.1. The smallest absolute Gasteiger partial charge is 0.213 e. The molecule has 0 saturated carbocycles. The first-order valence-electron chi connectivity index (χ1n) is 7.28. The number of hydrogen-bond donors (Lipinski definition) is 1. The Hall–Kier alpha value is -2.21. The number of fused-ring (bicyclic) bond motifs is 1. The summed E-state index contributed by atoms with van der Waals surface area (Å²) in [6.45, 7) is 3.96. The van der Waals surface area contributed by atoms with Crippen LogP contribution < -0.4 is 10.1 Å². The van der Waals surface area contributed by atoms with Crippen molar-refractivity contribution in [3.8, 4) is 5.88 Å². The average molecular weight is 373 g/mol. The molecule has 118 valence electrons. The number of methoxy groups -OCH3 is 1. The van der Waals surface area contributed by atoms with Gasteiger partial charge in [0.2, 0.25) is 5.88 Å². The first kappa shape index (κ1) is 15.7. The van der Waals surface area contributed by atoms with Gasteiger partial charge in [-0.15, -0.1) is 0 Å². The van der Waals surface area contributed by atoms with E-state index in [0.29, 0.717) is 23.0 Å². The third kappa shape index (κ3) is 3.42. The fourth-order valence-electron chi connectivity index (χ4n) is 2.39. The number of aryl methyl sites for hydroxylation is 1. The summed E-state index contributed by atoms with van der Waals surface area (Å²) in [5, 5.41) is 3.43. The summed E-state index contributed by atoms with van der Waals surface area (Å²) in [5.74, 6) is 1.95. The number of aromatic nitrogens is 3. The zero-order valence-electron chi connectivity index (χ0n) is 13.2. The van der Waals surface area contributed by atoms with Crippen molar-refractivity contribution in [2.45, 2.75) is 19.9 Å². The van der Waals surface area contributed by atoms with Gasteiger partial charge < -0.3 is 10.1 Å². The summed E-state index contributed by atoms with van der Waals surface area (Å²) in [6.07, 6.45) is 0. The van der Waals surface area contributed by atoms with E-state index in [9.17, 15) is 0 Å². The van der Waals surface area contributed by atoms with Gasteiger partial charge in [-0.25, -0.2) is 15.0 Å². The number of nitrogens with zero attached hydrogens (tertiary/aromatic N) is 3. The van der Waals surface area contributed by atoms with Crippen LogP contribution in [0.2, 0.25) is 0 Å². The van der Waals surface area contributed by atoms with Crippen molar-refractivity contribution in [2.24, 2.45) is 0 Å². The highest BCUT2D eigenvalue weighted by Crippen LogP contribution is 2.26. The maximum Gasteiger partial charge on any atom is 0.213 e. The first-order valence-corrected chi connectivity index (χ1v) is 8.07. The fourth-order valence-corrected chi connectivity index (χ4v) is 2.81. The Morgan fingerprint density at radius 2 is 1.96 bits per heavy atom. The predicted octanol–water partition coefficient (Wildman–Crippen LogP) is 4.28. The number of halogens is 1. The van der Waals surface area contributed by atoms with Gasteiger partial charge in [0, 0.05) is 10.5 Å². The zero-order chi connectivity index (χ0) is 16.4. The van der Waals surface area contributed by atoms with Gasteiger partial charge in [-0.1, -0.05) is 28.1 Å². The van der Waals surface area contributed by atoms with Crippen LogP contribution in [0.5, 0.6) is 5.88 Å². The summed E-state index contributed by atoms with van der Waals surface area (Å²) in [5.41, 5.74) is 2.66. The topological polar surface area (TPSA) is 59.9 Å². The molecule has 6 heteroatoms. The predicted molar refractivity (Wildman–Crippen MR) is 94.8 cm³/mol. The average Bonchev–Trinajstić information content (AvgIpc) is 2.54. The molecule has 5 nitrogen and oxygen atoms in total. The molecule has 0 bridgehead atoms. The fraction of sp³-hybridized carbons (Fsp3) is 0.235. The van der Waals surface area contributed by atoms with E-state index >= 15 is 0 Å². The summed E-state index contributed by atoms with van der Waals surface area (Å²) in [4.78, 5) is 13.4. The van der Waals surface area contributed by atoms with Crippen molar-refractivity contribution in [2.75, 3.05) is 12.4 Å². The van der Waals surface area contributed by atoms with Gasteiger partial charge in [-0.05, 0) is 37.6 Å². The number of benzene rings is 1. The van der Waals surface area contributed by atoms with Crippen LogP contribution in [0, 0.1) is 6.92 Å². The SMILES string of the molecule is COc1ccc2nc(C)nc(NC(C)c3cccc(Br)c3)c2n1. The van der Waals surface area contributed by atoms with E-state index < -0.39 is 0 Å². The third-order valence-electron chi connectivity index (χ3n) is 3.54. The molecule has 0 fully saturated rings. The molecule has 0 aliphatic heterocycles. The summed E-state index contributed by atoms with van der Waals surface area (Å²) in [6, 6.07) is 12.0. The minimum atomic E-state index is 0.0815. The van der Waals surface area contributed by atoms with E-state index in [1.54, 1.807) is 13.2 Å². The van der Waals surface area contributed by atoms with Crippen LogP contribution in [0.25, 0.3) is 11.0 Å². The van der Waals surface area contributed by atoms with Gasteiger partial charge >= 0.3 is 0 Å². The number of nitrogens with one attached hydrogen (secondary N) is 1. The summed E-state index contributed by atoms with van der Waals surface area (Å²) < 4.78 is 6.26. The largest absolute Gasteiger partial charge is 0.481 e. The monoisotopic (exact) mass is 372 g/mol. The van der Waals surface area contributed by atoms with Gasteiger partial charge in [0.05, 0.1) is 18.7 Å². The van der Waals surface area contributed by atoms with Gasteiger partial charge in [0.1, 0.15) is 11.3 Å². The minimum absolute atomic E-state index is 0.0815. The molecule has 0 aliphatic rings. The molecule has 2 aromatic heterocycles. The van der Waals surface area contributed by atoms with Crippen molar-refractivity contribution >= 4 is 32.8 Å². The minimum Gasteiger partial charge on any atom is -0.481 e. The Morgan fingerprint density at radius 3 is 2.70 bits per heavy atom. The first-order chi connectivity index (χ1) is 11.1. The molecule has 23 heavy (non-hydrogen) atoms. The van der Waals surface area contributed by atoms with E-state index in [0.717, 1.165) is 15.6 Å². The second kappa shape index (κ2) is 6.50. The van der Waals surface area contributed by atoms with E-state index in [1.165, 1.54) is 0 Å². The van der Waals surface area contributed by atoms with Gasteiger partial charge in [0.25, 0.3) is 0 Å². The molecule has 1 unspecified atom stereocenters. The maximum atomic E-state index is 5.21. The molecule has 3 rings (SSSR count). The molecule has 1 atom stereocenters. The standard InChI is InChI=1S/C17H17BrN4O/c1-10(12-5-4-6-13(18)9-12)19-17-16-14(20-11(2)21-17)7-8-15(22-16)23-3/h4-10H,1-3H3,(H,19,20,21). The molecule has 0 radical (unpaired) electrons. The Morgan fingerprint density at radius 1 is 1.13 bits per heavy atom. The van der Waals surface area contributed by atoms with Crippen molar-refractivity contribution in [3.63, 3.8) is 0 Å². The second-order valence-corrected chi connectivity index (χ2v) is 6.18. The number of hydrogen-bond acceptors (Lipinski definition) is 5. The summed E-state index contributed by atoms with van der Waals surface area (Å²) in [7, 11) is 1.60. The van der Waals surface area contributed by atoms with Gasteiger partial charge in [-0.3, -0.25) is 0 Å². The lowest BCUT2D eigenvalue weighted by Gasteiger charge is -2.17. The molecule has 0 amide bonds. The van der Waals surface area contributed by atoms with Gasteiger partial charge in [0.15, 0.2) is 5.82 Å². The maximum absolute atomic E-state index is 5.21. The van der Waals surface area contributed by atoms with Crippen LogP contribution in [0.15, 0.2) is 40.9 Å². The molecular formula is C17H17BrN4O. The van der Waals surface area contributed by atoms with Gasteiger partial charge in [-0.2, -0.15) is 0 Å². The van der Waals surface area contributed by atoms with Crippen LogP contribution in [-0.4, -0.2) is 22.1 Å². The Balaban J connectivity index is 2.01. The molecule has 0 spiro atoms. The van der Waals surface area contributed by atoms with E-state index in [4.69, 9.17) is 4.74 Å². The number of pyridine rings is 1. The highest BCUT2D eigenvalue weighted by molar-refractivity contribution is 9.10. The molecule has 1 N–H and O–H groups in total. The Labute approximate surface area is 143 Å². The van der Waals surface area contributed by atoms with Crippen molar-refractivity contribution < 1.29 is 4.74 Å². The number of ether oxygens (including phenoxy) is 1. The molecule has 0 saturated heterocycles. The van der Waals surface area contributed by atoms with E-state index in [2.05, 4.69) is 55.3 Å². The van der Waals surface area contributed by atoms with Crippen LogP contribution in [0.3, 0.4) is 0 Å². The van der Waals surface area contributed by atoms with Crippen LogP contribution >= 0.6 is 15.9 Å².